The normalized spacial score (nSPS) is 17.3. The van der Waals surface area contributed by atoms with Crippen LogP contribution >= 0.6 is 0 Å². The number of carbonyl (C=O) groups excluding carboxylic acids is 2. The average molecular weight is 417 g/mol. The lowest BCUT2D eigenvalue weighted by Gasteiger charge is -2.19. The average Bonchev–Trinajstić information content (AvgIpc) is 3.06. The van der Waals surface area contributed by atoms with E-state index in [4.69, 9.17) is 5.26 Å². The van der Waals surface area contributed by atoms with Crippen molar-refractivity contribution in [2.45, 2.75) is 24.9 Å². The van der Waals surface area contributed by atoms with Gasteiger partial charge in [0.15, 0.2) is 0 Å². The van der Waals surface area contributed by atoms with E-state index in [1.54, 1.807) is 18.2 Å². The van der Waals surface area contributed by atoms with Crippen LogP contribution in [0, 0.1) is 17.1 Å². The molecule has 1 aliphatic heterocycles. The van der Waals surface area contributed by atoms with Crippen molar-refractivity contribution < 1.29 is 22.8 Å². The summed E-state index contributed by atoms with van der Waals surface area (Å²) in [5, 5.41) is 14.4. The molecule has 0 aliphatic carbocycles. The van der Waals surface area contributed by atoms with Crippen LogP contribution in [0.4, 0.5) is 18.9 Å². The molecule has 2 heterocycles. The van der Waals surface area contributed by atoms with E-state index in [1.165, 1.54) is 30.6 Å². The molecule has 1 saturated heterocycles. The number of hydrogen-bond acceptors (Lipinski definition) is 5. The Kier molecular flexibility index (Phi) is 6.20. The Morgan fingerprint density at radius 1 is 1.27 bits per heavy atom. The predicted octanol–water partition coefficient (Wildman–Crippen LogP) is 2.32. The van der Waals surface area contributed by atoms with Gasteiger partial charge in [0.25, 0.3) is 11.8 Å². The van der Waals surface area contributed by atoms with Crippen molar-refractivity contribution in [3.05, 3.63) is 59.7 Å². The number of likely N-dealkylation sites (tertiary alicyclic amines) is 1. The molecular formula is C20H18F3N5O2. The summed E-state index contributed by atoms with van der Waals surface area (Å²) in [6.45, 7) is -1.07. The van der Waals surface area contributed by atoms with Crippen LogP contribution in [0.5, 0.6) is 0 Å². The van der Waals surface area contributed by atoms with E-state index in [0.29, 0.717) is 12.2 Å². The van der Waals surface area contributed by atoms with Gasteiger partial charge < -0.3 is 15.5 Å². The molecule has 3 rings (SSSR count). The fraction of sp³-hybridized carbons (Fsp3) is 0.300. The molecular weight excluding hydrogens is 399 g/mol. The molecule has 0 bridgehead atoms. The van der Waals surface area contributed by atoms with E-state index < -0.39 is 43.3 Å². The first-order chi connectivity index (χ1) is 14.3. The van der Waals surface area contributed by atoms with Crippen molar-refractivity contribution in [2.75, 3.05) is 18.4 Å². The van der Waals surface area contributed by atoms with Gasteiger partial charge in [-0.3, -0.25) is 14.6 Å². The molecule has 0 radical (unpaired) electrons. The standard InChI is InChI=1S/C20H18F3N5O2/c21-14-3-1-13(2-4-14)9-26-17-10-25-6-5-16(17)19(30)27-11-18(29)28-12-20(22,23)7-15(28)8-24/h1-6,10,15,26H,7,9,11-12H2,(H,27,30)/t15-/m0/s1. The van der Waals surface area contributed by atoms with Gasteiger partial charge in [-0.05, 0) is 23.8 Å². The number of hydrogen-bond donors (Lipinski definition) is 2. The van der Waals surface area contributed by atoms with Crippen LogP contribution in [0.1, 0.15) is 22.3 Å². The Labute approximate surface area is 170 Å². The van der Waals surface area contributed by atoms with E-state index in [9.17, 15) is 22.8 Å². The van der Waals surface area contributed by atoms with Crippen molar-refractivity contribution in [3.63, 3.8) is 0 Å². The van der Waals surface area contributed by atoms with Crippen molar-refractivity contribution >= 4 is 17.5 Å². The molecule has 0 unspecified atom stereocenters. The first kappa shape index (κ1) is 21.1. The SMILES string of the molecule is N#C[C@@H]1CC(F)(F)CN1C(=O)CNC(=O)c1ccncc1NCc1ccc(F)cc1. The topological polar surface area (TPSA) is 98.1 Å². The van der Waals surface area contributed by atoms with Crippen molar-refractivity contribution in [3.8, 4) is 6.07 Å². The zero-order chi connectivity index (χ0) is 21.7. The van der Waals surface area contributed by atoms with Gasteiger partial charge in [-0.2, -0.15) is 5.26 Å². The van der Waals surface area contributed by atoms with Crippen LogP contribution < -0.4 is 10.6 Å². The zero-order valence-electron chi connectivity index (χ0n) is 15.7. The summed E-state index contributed by atoms with van der Waals surface area (Å²) in [5.41, 5.74) is 1.36. The summed E-state index contributed by atoms with van der Waals surface area (Å²) < 4.78 is 40.0. The summed E-state index contributed by atoms with van der Waals surface area (Å²) in [4.78, 5) is 29.5. The highest BCUT2D eigenvalue weighted by Crippen LogP contribution is 2.31. The first-order valence-corrected chi connectivity index (χ1v) is 9.06. The van der Waals surface area contributed by atoms with E-state index >= 15 is 0 Å². The van der Waals surface area contributed by atoms with Crippen LogP contribution in [-0.2, 0) is 11.3 Å². The lowest BCUT2D eigenvalue weighted by Crippen LogP contribution is -2.43. The fourth-order valence-corrected chi connectivity index (χ4v) is 3.08. The molecule has 1 fully saturated rings. The quantitative estimate of drug-likeness (QED) is 0.752. The number of rotatable bonds is 6. The fourth-order valence-electron chi connectivity index (χ4n) is 3.08. The second-order valence-corrected chi connectivity index (χ2v) is 6.81. The van der Waals surface area contributed by atoms with Gasteiger partial charge in [-0.15, -0.1) is 0 Å². The minimum Gasteiger partial charge on any atom is -0.379 e. The lowest BCUT2D eigenvalue weighted by atomic mass is 10.2. The zero-order valence-corrected chi connectivity index (χ0v) is 15.7. The summed E-state index contributed by atoms with van der Waals surface area (Å²) in [6, 6.07) is 7.72. The van der Waals surface area contributed by atoms with Gasteiger partial charge in [-0.25, -0.2) is 13.2 Å². The maximum atomic E-state index is 13.5. The van der Waals surface area contributed by atoms with Crippen LogP contribution in [0.25, 0.3) is 0 Å². The minimum absolute atomic E-state index is 0.198. The molecule has 2 aromatic rings. The highest BCUT2D eigenvalue weighted by Gasteiger charge is 2.47. The summed E-state index contributed by atoms with van der Waals surface area (Å²) in [7, 11) is 0. The van der Waals surface area contributed by atoms with Crippen molar-refractivity contribution in [1.82, 2.24) is 15.2 Å². The Morgan fingerprint density at radius 3 is 2.70 bits per heavy atom. The van der Waals surface area contributed by atoms with Gasteiger partial charge >= 0.3 is 0 Å². The van der Waals surface area contributed by atoms with E-state index in [2.05, 4.69) is 15.6 Å². The van der Waals surface area contributed by atoms with E-state index in [0.717, 1.165) is 10.5 Å². The largest absolute Gasteiger partial charge is 0.379 e. The molecule has 1 aliphatic rings. The molecule has 0 spiro atoms. The third kappa shape index (κ3) is 5.05. The van der Waals surface area contributed by atoms with Crippen molar-refractivity contribution in [1.29, 1.82) is 5.26 Å². The number of amides is 2. The Morgan fingerprint density at radius 2 is 2.00 bits per heavy atom. The number of carbonyl (C=O) groups is 2. The second-order valence-electron chi connectivity index (χ2n) is 6.81. The Bertz CT molecular complexity index is 975. The van der Waals surface area contributed by atoms with Crippen LogP contribution in [0.3, 0.4) is 0 Å². The molecule has 2 amide bonds. The highest BCUT2D eigenvalue weighted by atomic mass is 19.3. The third-order valence-electron chi connectivity index (χ3n) is 4.60. The maximum absolute atomic E-state index is 13.5. The number of nitriles is 1. The highest BCUT2D eigenvalue weighted by molar-refractivity contribution is 6.00. The number of pyridine rings is 1. The Balaban J connectivity index is 1.61. The number of aromatic nitrogens is 1. The molecule has 2 N–H and O–H groups in total. The maximum Gasteiger partial charge on any atom is 0.268 e. The van der Waals surface area contributed by atoms with Gasteiger partial charge in [0.2, 0.25) is 5.91 Å². The third-order valence-corrected chi connectivity index (χ3v) is 4.60. The summed E-state index contributed by atoms with van der Waals surface area (Å²) >= 11 is 0. The molecule has 1 aromatic carbocycles. The number of halogens is 3. The smallest absolute Gasteiger partial charge is 0.268 e. The number of nitrogens with zero attached hydrogens (tertiary/aromatic N) is 3. The molecule has 0 saturated carbocycles. The number of anilines is 1. The second kappa shape index (κ2) is 8.82. The molecule has 7 nitrogen and oxygen atoms in total. The molecule has 10 heteroatoms. The summed E-state index contributed by atoms with van der Waals surface area (Å²) in [5.74, 6) is -4.85. The van der Waals surface area contributed by atoms with Crippen LogP contribution in [0.2, 0.25) is 0 Å². The molecule has 1 atom stereocenters. The lowest BCUT2D eigenvalue weighted by molar-refractivity contribution is -0.131. The number of nitrogens with one attached hydrogen (secondary N) is 2. The summed E-state index contributed by atoms with van der Waals surface area (Å²) in [6.07, 6.45) is 2.10. The number of alkyl halides is 2. The van der Waals surface area contributed by atoms with Crippen LogP contribution in [0.15, 0.2) is 42.7 Å². The number of benzene rings is 1. The monoisotopic (exact) mass is 417 g/mol. The Hall–Kier alpha value is -3.61. The van der Waals surface area contributed by atoms with Gasteiger partial charge in [-0.1, -0.05) is 12.1 Å². The minimum atomic E-state index is -3.12. The van der Waals surface area contributed by atoms with Crippen molar-refractivity contribution in [2.24, 2.45) is 0 Å². The van der Waals surface area contributed by atoms with E-state index in [1.807, 2.05) is 0 Å². The van der Waals surface area contributed by atoms with Gasteiger partial charge in [0.05, 0.1) is 36.6 Å². The van der Waals surface area contributed by atoms with Crippen LogP contribution in [-0.4, -0.2) is 46.8 Å². The van der Waals surface area contributed by atoms with E-state index in [-0.39, 0.29) is 11.4 Å². The molecule has 30 heavy (non-hydrogen) atoms. The molecule has 156 valence electrons. The molecule has 1 aromatic heterocycles. The van der Waals surface area contributed by atoms with Gasteiger partial charge in [0.1, 0.15) is 11.9 Å². The predicted molar refractivity (Wildman–Crippen MR) is 101 cm³/mol. The van der Waals surface area contributed by atoms with Gasteiger partial charge in [0, 0.05) is 19.2 Å². The first-order valence-electron chi connectivity index (χ1n) is 9.06.